The van der Waals surface area contributed by atoms with Gasteiger partial charge < -0.3 is 15.4 Å². The van der Waals surface area contributed by atoms with Crippen molar-refractivity contribution in [3.63, 3.8) is 0 Å². The van der Waals surface area contributed by atoms with Crippen LogP contribution < -0.4 is 10.5 Å². The molecule has 2 amide bonds. The van der Waals surface area contributed by atoms with Crippen LogP contribution in [-0.4, -0.2) is 30.4 Å². The Morgan fingerprint density at radius 1 is 1.17 bits per heavy atom. The van der Waals surface area contributed by atoms with E-state index >= 15 is 0 Å². The molecule has 2 aromatic carbocycles. The minimum Gasteiger partial charge on any atom is -0.484 e. The van der Waals surface area contributed by atoms with Crippen molar-refractivity contribution in [1.82, 2.24) is 4.90 Å². The Morgan fingerprint density at radius 3 is 2.48 bits per heavy atom. The first-order valence-corrected chi connectivity index (χ1v) is 6.97. The summed E-state index contributed by atoms with van der Waals surface area (Å²) < 4.78 is 18.3. The summed E-state index contributed by atoms with van der Waals surface area (Å²) in [7, 11) is 1.64. The van der Waals surface area contributed by atoms with Crippen molar-refractivity contribution in [2.24, 2.45) is 5.73 Å². The highest BCUT2D eigenvalue weighted by molar-refractivity contribution is 5.94. The van der Waals surface area contributed by atoms with Gasteiger partial charge in [-0.15, -0.1) is 0 Å². The highest BCUT2D eigenvalue weighted by Gasteiger charge is 2.12. The van der Waals surface area contributed by atoms with Gasteiger partial charge in [-0.1, -0.05) is 12.1 Å². The molecule has 0 aliphatic rings. The second kappa shape index (κ2) is 7.40. The number of ether oxygens (including phenoxy) is 1. The summed E-state index contributed by atoms with van der Waals surface area (Å²) in [5.41, 5.74) is 6.17. The zero-order chi connectivity index (χ0) is 16.8. The predicted molar refractivity (Wildman–Crippen MR) is 83.3 cm³/mol. The Kier molecular flexibility index (Phi) is 5.30. The molecule has 0 saturated carbocycles. The standard InChI is InChI=1S/C17H17FN2O3/c1-20(10-12-3-2-4-14(18)9-12)17(22)13-5-7-15(8-6-13)23-11-16(19)21/h2-9H,10-11H2,1H3,(H2,19,21). The molecule has 23 heavy (non-hydrogen) atoms. The number of primary amides is 1. The van der Waals surface area contributed by atoms with Crippen LogP contribution in [0.3, 0.4) is 0 Å². The van der Waals surface area contributed by atoms with Crippen LogP contribution in [0, 0.1) is 5.82 Å². The summed E-state index contributed by atoms with van der Waals surface area (Å²) in [6.07, 6.45) is 0. The normalized spacial score (nSPS) is 10.2. The number of benzene rings is 2. The van der Waals surface area contributed by atoms with Gasteiger partial charge in [0.05, 0.1) is 0 Å². The third-order valence-corrected chi connectivity index (χ3v) is 3.14. The lowest BCUT2D eigenvalue weighted by atomic mass is 10.1. The van der Waals surface area contributed by atoms with Gasteiger partial charge in [0.1, 0.15) is 11.6 Å². The number of amides is 2. The Morgan fingerprint density at radius 2 is 1.87 bits per heavy atom. The smallest absolute Gasteiger partial charge is 0.255 e. The fraction of sp³-hybridized carbons (Fsp3) is 0.176. The Labute approximate surface area is 133 Å². The maximum Gasteiger partial charge on any atom is 0.255 e. The van der Waals surface area contributed by atoms with Crippen molar-refractivity contribution >= 4 is 11.8 Å². The van der Waals surface area contributed by atoms with Gasteiger partial charge in [0.15, 0.2) is 6.61 Å². The van der Waals surface area contributed by atoms with Crippen molar-refractivity contribution in [1.29, 1.82) is 0 Å². The largest absolute Gasteiger partial charge is 0.484 e. The molecule has 0 fully saturated rings. The number of rotatable bonds is 6. The molecular weight excluding hydrogens is 299 g/mol. The quantitative estimate of drug-likeness (QED) is 0.885. The third-order valence-electron chi connectivity index (χ3n) is 3.14. The molecule has 0 aliphatic heterocycles. The van der Waals surface area contributed by atoms with Crippen LogP contribution in [-0.2, 0) is 11.3 Å². The van der Waals surface area contributed by atoms with E-state index in [9.17, 15) is 14.0 Å². The van der Waals surface area contributed by atoms with Gasteiger partial charge >= 0.3 is 0 Å². The van der Waals surface area contributed by atoms with E-state index in [0.717, 1.165) is 0 Å². The predicted octanol–water partition coefficient (Wildman–Crippen LogP) is 1.96. The molecule has 0 bridgehead atoms. The number of nitrogens with two attached hydrogens (primary N) is 1. The minimum atomic E-state index is -0.569. The van der Waals surface area contributed by atoms with Crippen LogP contribution in [0.5, 0.6) is 5.75 Å². The van der Waals surface area contributed by atoms with Crippen LogP contribution in [0.25, 0.3) is 0 Å². The lowest BCUT2D eigenvalue weighted by Gasteiger charge is -2.17. The summed E-state index contributed by atoms with van der Waals surface area (Å²) in [4.78, 5) is 24.5. The molecule has 6 heteroatoms. The van der Waals surface area contributed by atoms with Crippen LogP contribution in [0.4, 0.5) is 4.39 Å². The van der Waals surface area contributed by atoms with E-state index in [1.807, 2.05) is 0 Å². The number of nitrogens with zero attached hydrogens (tertiary/aromatic N) is 1. The molecule has 0 heterocycles. The van der Waals surface area contributed by atoms with Crippen molar-refractivity contribution in [3.8, 4) is 5.75 Å². The second-order valence-electron chi connectivity index (χ2n) is 5.07. The Balaban J connectivity index is 2.00. The molecule has 0 atom stereocenters. The molecular formula is C17H17FN2O3. The number of carbonyl (C=O) groups excluding carboxylic acids is 2. The summed E-state index contributed by atoms with van der Waals surface area (Å²) in [5.74, 6) is -0.650. The fourth-order valence-corrected chi connectivity index (χ4v) is 2.05. The van der Waals surface area contributed by atoms with Crippen molar-refractivity contribution < 1.29 is 18.7 Å². The van der Waals surface area contributed by atoms with Crippen LogP contribution in [0.2, 0.25) is 0 Å². The molecule has 5 nitrogen and oxygen atoms in total. The first kappa shape index (κ1) is 16.5. The summed E-state index contributed by atoms with van der Waals surface area (Å²) in [6, 6.07) is 12.5. The fourth-order valence-electron chi connectivity index (χ4n) is 2.05. The van der Waals surface area contributed by atoms with E-state index in [-0.39, 0.29) is 18.3 Å². The molecule has 0 aromatic heterocycles. The summed E-state index contributed by atoms with van der Waals surface area (Å²) in [5, 5.41) is 0. The molecule has 2 N–H and O–H groups in total. The topological polar surface area (TPSA) is 72.6 Å². The van der Waals surface area contributed by atoms with Gasteiger partial charge in [0, 0.05) is 19.2 Å². The number of carbonyl (C=O) groups is 2. The number of hydrogen-bond acceptors (Lipinski definition) is 3. The van der Waals surface area contributed by atoms with Crippen molar-refractivity contribution in [2.45, 2.75) is 6.54 Å². The molecule has 0 spiro atoms. The van der Waals surface area contributed by atoms with Gasteiger partial charge in [-0.2, -0.15) is 0 Å². The van der Waals surface area contributed by atoms with Gasteiger partial charge in [-0.3, -0.25) is 9.59 Å². The van der Waals surface area contributed by atoms with E-state index in [1.54, 1.807) is 43.4 Å². The van der Waals surface area contributed by atoms with Crippen LogP contribution in [0.1, 0.15) is 15.9 Å². The zero-order valence-corrected chi connectivity index (χ0v) is 12.7. The first-order chi connectivity index (χ1) is 11.0. The SMILES string of the molecule is CN(Cc1cccc(F)c1)C(=O)c1ccc(OCC(N)=O)cc1. The van der Waals surface area contributed by atoms with E-state index in [0.29, 0.717) is 23.4 Å². The van der Waals surface area contributed by atoms with E-state index in [2.05, 4.69) is 0 Å². The highest BCUT2D eigenvalue weighted by atomic mass is 19.1. The zero-order valence-electron chi connectivity index (χ0n) is 12.7. The molecule has 120 valence electrons. The van der Waals surface area contributed by atoms with Crippen molar-refractivity contribution in [3.05, 3.63) is 65.5 Å². The average molecular weight is 316 g/mol. The van der Waals surface area contributed by atoms with Crippen LogP contribution >= 0.6 is 0 Å². The maximum absolute atomic E-state index is 13.2. The van der Waals surface area contributed by atoms with Gasteiger partial charge in [0.2, 0.25) is 0 Å². The Bertz CT molecular complexity index is 701. The van der Waals surface area contributed by atoms with Gasteiger partial charge in [-0.25, -0.2) is 4.39 Å². The van der Waals surface area contributed by atoms with Crippen molar-refractivity contribution in [2.75, 3.05) is 13.7 Å². The van der Waals surface area contributed by atoms with Gasteiger partial charge in [-0.05, 0) is 42.0 Å². The van der Waals surface area contributed by atoms with E-state index < -0.39 is 5.91 Å². The average Bonchev–Trinajstić information content (AvgIpc) is 2.52. The third kappa shape index (κ3) is 4.81. The first-order valence-electron chi connectivity index (χ1n) is 6.97. The lowest BCUT2D eigenvalue weighted by Crippen LogP contribution is -2.26. The van der Waals surface area contributed by atoms with E-state index in [4.69, 9.17) is 10.5 Å². The Hall–Kier alpha value is -2.89. The summed E-state index contributed by atoms with van der Waals surface area (Å²) >= 11 is 0. The second-order valence-corrected chi connectivity index (χ2v) is 5.07. The number of halogens is 1. The lowest BCUT2D eigenvalue weighted by molar-refractivity contribution is -0.119. The molecule has 0 saturated heterocycles. The van der Waals surface area contributed by atoms with Gasteiger partial charge in [0.25, 0.3) is 11.8 Å². The molecule has 2 rings (SSSR count). The summed E-state index contributed by atoms with van der Waals surface area (Å²) in [6.45, 7) is 0.0866. The molecule has 0 aliphatic carbocycles. The molecule has 0 radical (unpaired) electrons. The van der Waals surface area contributed by atoms with Crippen LogP contribution in [0.15, 0.2) is 48.5 Å². The minimum absolute atomic E-state index is 0.198. The number of hydrogen-bond donors (Lipinski definition) is 1. The maximum atomic E-state index is 13.2. The monoisotopic (exact) mass is 316 g/mol. The molecule has 0 unspecified atom stereocenters. The highest BCUT2D eigenvalue weighted by Crippen LogP contribution is 2.15. The molecule has 2 aromatic rings. The van der Waals surface area contributed by atoms with E-state index in [1.165, 1.54) is 17.0 Å².